The number of carbonyl (C=O) groups excluding carboxylic acids is 1. The summed E-state index contributed by atoms with van der Waals surface area (Å²) in [5.41, 5.74) is 3.16. The molecule has 1 aromatic rings. The molecule has 1 aromatic carbocycles. The van der Waals surface area contributed by atoms with Gasteiger partial charge in [-0.05, 0) is 56.5 Å². The first-order chi connectivity index (χ1) is 8.58. The van der Waals surface area contributed by atoms with Crippen LogP contribution < -0.4 is 10.6 Å². The summed E-state index contributed by atoms with van der Waals surface area (Å²) in [5, 5.41) is 6.26. The number of nitrogens with one attached hydrogen (secondary N) is 2. The highest BCUT2D eigenvalue weighted by Gasteiger charge is 2.20. The van der Waals surface area contributed by atoms with Gasteiger partial charge in [0.05, 0.1) is 6.04 Å². The zero-order valence-electron chi connectivity index (χ0n) is 11.3. The van der Waals surface area contributed by atoms with Crippen molar-refractivity contribution in [1.82, 2.24) is 5.32 Å². The third-order valence-corrected chi connectivity index (χ3v) is 4.58. The minimum atomic E-state index is -0.0389. The molecule has 1 aliphatic rings. The summed E-state index contributed by atoms with van der Waals surface area (Å²) in [6, 6.07) is 3.96. The summed E-state index contributed by atoms with van der Waals surface area (Å²) in [5.74, 6) is 0.0795. The van der Waals surface area contributed by atoms with Crippen molar-refractivity contribution >= 4 is 39.9 Å². The van der Waals surface area contributed by atoms with Crippen LogP contribution >= 0.6 is 28.3 Å². The smallest absolute Gasteiger partial charge is 0.241 e. The maximum absolute atomic E-state index is 12.1. The maximum Gasteiger partial charge on any atom is 0.241 e. The Morgan fingerprint density at radius 3 is 2.47 bits per heavy atom. The minimum absolute atomic E-state index is 0. The fraction of sp³-hybridized carbons (Fsp3) is 0.500. The van der Waals surface area contributed by atoms with E-state index >= 15 is 0 Å². The zero-order chi connectivity index (χ0) is 13.1. The second kappa shape index (κ2) is 7.27. The SMILES string of the molecule is Cc1cc(NC(=O)[C@H]2CCCCN2)cc(C)c1Br.Cl. The first kappa shape index (κ1) is 16.5. The van der Waals surface area contributed by atoms with Crippen molar-refractivity contribution in [2.45, 2.75) is 39.2 Å². The van der Waals surface area contributed by atoms with Crippen LogP contribution in [0.4, 0.5) is 5.69 Å². The van der Waals surface area contributed by atoms with E-state index in [1.165, 1.54) is 6.42 Å². The number of halogens is 2. The van der Waals surface area contributed by atoms with Gasteiger partial charge in [0, 0.05) is 10.2 Å². The van der Waals surface area contributed by atoms with E-state index in [1.807, 2.05) is 26.0 Å². The Balaban J connectivity index is 0.00000180. The molecule has 1 saturated heterocycles. The molecule has 1 aliphatic heterocycles. The third kappa shape index (κ3) is 4.20. The molecule has 106 valence electrons. The number of benzene rings is 1. The van der Waals surface area contributed by atoms with Crippen LogP contribution in [0.25, 0.3) is 0 Å². The molecule has 0 bridgehead atoms. The Kier molecular flexibility index (Phi) is 6.30. The van der Waals surface area contributed by atoms with Gasteiger partial charge in [0.15, 0.2) is 0 Å². The molecular weight excluding hydrogens is 328 g/mol. The number of aryl methyl sites for hydroxylation is 2. The van der Waals surface area contributed by atoms with Crippen LogP contribution in [-0.2, 0) is 4.79 Å². The largest absolute Gasteiger partial charge is 0.325 e. The van der Waals surface area contributed by atoms with Gasteiger partial charge in [0.1, 0.15) is 0 Å². The number of hydrogen-bond donors (Lipinski definition) is 2. The fourth-order valence-corrected chi connectivity index (χ4v) is 2.55. The van der Waals surface area contributed by atoms with Gasteiger partial charge in [0.25, 0.3) is 0 Å². The van der Waals surface area contributed by atoms with E-state index in [0.29, 0.717) is 0 Å². The molecule has 0 spiro atoms. The van der Waals surface area contributed by atoms with E-state index < -0.39 is 0 Å². The molecule has 1 heterocycles. The van der Waals surface area contributed by atoms with Crippen LogP contribution in [0, 0.1) is 13.8 Å². The lowest BCUT2D eigenvalue weighted by Gasteiger charge is -2.22. The van der Waals surface area contributed by atoms with E-state index in [0.717, 1.165) is 40.7 Å². The zero-order valence-corrected chi connectivity index (χ0v) is 13.7. The number of amides is 1. The van der Waals surface area contributed by atoms with Crippen molar-refractivity contribution in [3.63, 3.8) is 0 Å². The minimum Gasteiger partial charge on any atom is -0.325 e. The molecule has 19 heavy (non-hydrogen) atoms. The third-order valence-electron chi connectivity index (χ3n) is 3.33. The van der Waals surface area contributed by atoms with E-state index in [2.05, 4.69) is 26.6 Å². The summed E-state index contributed by atoms with van der Waals surface area (Å²) < 4.78 is 1.11. The van der Waals surface area contributed by atoms with Crippen LogP contribution in [-0.4, -0.2) is 18.5 Å². The summed E-state index contributed by atoms with van der Waals surface area (Å²) in [6.45, 7) is 5.01. The van der Waals surface area contributed by atoms with Crippen molar-refractivity contribution in [3.05, 3.63) is 27.7 Å². The van der Waals surface area contributed by atoms with Crippen molar-refractivity contribution in [1.29, 1.82) is 0 Å². The fourth-order valence-electron chi connectivity index (χ4n) is 2.32. The first-order valence-corrected chi connectivity index (χ1v) is 7.18. The Hall–Kier alpha value is -0.580. The molecule has 0 unspecified atom stereocenters. The van der Waals surface area contributed by atoms with Crippen LogP contribution in [0.3, 0.4) is 0 Å². The molecule has 3 nitrogen and oxygen atoms in total. The monoisotopic (exact) mass is 346 g/mol. The predicted octanol–water partition coefficient (Wildman–Crippen LogP) is 3.57. The lowest BCUT2D eigenvalue weighted by molar-refractivity contribution is -0.118. The standard InChI is InChI=1S/C14H19BrN2O.ClH/c1-9-7-11(8-10(2)13(9)15)17-14(18)12-5-3-4-6-16-12;/h7-8,12,16H,3-6H2,1-2H3,(H,17,18);1H/t12-;/m1./s1. The van der Waals surface area contributed by atoms with Crippen LogP contribution in [0.1, 0.15) is 30.4 Å². The second-order valence-corrected chi connectivity index (χ2v) is 5.71. The summed E-state index contributed by atoms with van der Waals surface area (Å²) in [4.78, 5) is 12.1. The lowest BCUT2D eigenvalue weighted by atomic mass is 10.0. The molecular formula is C14H20BrClN2O. The highest BCUT2D eigenvalue weighted by atomic mass is 79.9. The average Bonchev–Trinajstić information content (AvgIpc) is 2.37. The van der Waals surface area contributed by atoms with E-state index in [1.54, 1.807) is 0 Å². The Morgan fingerprint density at radius 2 is 1.95 bits per heavy atom. The number of piperidine rings is 1. The molecule has 1 fully saturated rings. The Morgan fingerprint density at radius 1 is 1.32 bits per heavy atom. The van der Waals surface area contributed by atoms with Gasteiger partial charge in [-0.25, -0.2) is 0 Å². The van der Waals surface area contributed by atoms with E-state index in [4.69, 9.17) is 0 Å². The van der Waals surface area contributed by atoms with Gasteiger partial charge in [-0.1, -0.05) is 22.4 Å². The van der Waals surface area contributed by atoms with Gasteiger partial charge in [-0.15, -0.1) is 12.4 Å². The van der Waals surface area contributed by atoms with Crippen LogP contribution in [0.15, 0.2) is 16.6 Å². The number of carbonyl (C=O) groups is 1. The summed E-state index contributed by atoms with van der Waals surface area (Å²) in [7, 11) is 0. The lowest BCUT2D eigenvalue weighted by Crippen LogP contribution is -2.43. The summed E-state index contributed by atoms with van der Waals surface area (Å²) in [6.07, 6.45) is 3.23. The predicted molar refractivity (Wildman–Crippen MR) is 85.1 cm³/mol. The maximum atomic E-state index is 12.1. The number of rotatable bonds is 2. The topological polar surface area (TPSA) is 41.1 Å². The molecule has 0 aliphatic carbocycles. The van der Waals surface area contributed by atoms with Gasteiger partial charge in [-0.3, -0.25) is 4.79 Å². The Bertz CT molecular complexity index is 436. The van der Waals surface area contributed by atoms with Crippen molar-refractivity contribution in [3.8, 4) is 0 Å². The molecule has 0 saturated carbocycles. The summed E-state index contributed by atoms with van der Waals surface area (Å²) >= 11 is 3.53. The van der Waals surface area contributed by atoms with Gasteiger partial charge in [0.2, 0.25) is 5.91 Å². The molecule has 5 heteroatoms. The normalized spacial score (nSPS) is 18.6. The van der Waals surface area contributed by atoms with Crippen molar-refractivity contribution < 1.29 is 4.79 Å². The van der Waals surface area contributed by atoms with E-state index in [-0.39, 0.29) is 24.4 Å². The molecule has 0 aromatic heterocycles. The van der Waals surface area contributed by atoms with Crippen molar-refractivity contribution in [2.24, 2.45) is 0 Å². The van der Waals surface area contributed by atoms with Crippen molar-refractivity contribution in [2.75, 3.05) is 11.9 Å². The molecule has 1 atom stereocenters. The highest BCUT2D eigenvalue weighted by Crippen LogP contribution is 2.25. The van der Waals surface area contributed by atoms with Crippen LogP contribution in [0.5, 0.6) is 0 Å². The second-order valence-electron chi connectivity index (χ2n) is 4.92. The number of hydrogen-bond acceptors (Lipinski definition) is 2. The van der Waals surface area contributed by atoms with Gasteiger partial charge >= 0.3 is 0 Å². The first-order valence-electron chi connectivity index (χ1n) is 6.39. The average molecular weight is 348 g/mol. The molecule has 1 amide bonds. The highest BCUT2D eigenvalue weighted by molar-refractivity contribution is 9.10. The van der Waals surface area contributed by atoms with Gasteiger partial charge < -0.3 is 10.6 Å². The van der Waals surface area contributed by atoms with Gasteiger partial charge in [-0.2, -0.15) is 0 Å². The quantitative estimate of drug-likeness (QED) is 0.858. The number of anilines is 1. The molecule has 2 rings (SSSR count). The van der Waals surface area contributed by atoms with E-state index in [9.17, 15) is 4.79 Å². The van der Waals surface area contributed by atoms with Crippen LogP contribution in [0.2, 0.25) is 0 Å². The Labute approximate surface area is 129 Å². The molecule has 2 N–H and O–H groups in total. The molecule has 0 radical (unpaired) electrons.